The standard InChI is InChI=1S/C11H12BrNS/c1-13(2)7-10-6-8-5-9(12)3-4-11(8)14-10/h3-6H,7H2,1-2H3. The normalized spacial score (nSPS) is 11.4. The Balaban J connectivity index is 2.41. The van der Waals surface area contributed by atoms with E-state index in [4.69, 9.17) is 0 Å². The van der Waals surface area contributed by atoms with Crippen molar-refractivity contribution in [3.63, 3.8) is 0 Å². The van der Waals surface area contributed by atoms with Crippen LogP contribution in [0.15, 0.2) is 28.7 Å². The first-order valence-corrected chi connectivity index (χ1v) is 6.09. The molecular weight excluding hydrogens is 258 g/mol. The average Bonchev–Trinajstić information content (AvgIpc) is 2.44. The summed E-state index contributed by atoms with van der Waals surface area (Å²) in [6.45, 7) is 1.02. The van der Waals surface area contributed by atoms with Crippen molar-refractivity contribution < 1.29 is 0 Å². The van der Waals surface area contributed by atoms with Crippen LogP contribution < -0.4 is 0 Å². The van der Waals surface area contributed by atoms with Gasteiger partial charge in [-0.2, -0.15) is 0 Å². The van der Waals surface area contributed by atoms with E-state index in [-0.39, 0.29) is 0 Å². The molecule has 0 spiro atoms. The first-order valence-electron chi connectivity index (χ1n) is 4.48. The minimum absolute atomic E-state index is 1.02. The second-order valence-electron chi connectivity index (χ2n) is 3.63. The third kappa shape index (κ3) is 2.16. The first-order chi connectivity index (χ1) is 6.65. The van der Waals surface area contributed by atoms with E-state index in [1.54, 1.807) is 0 Å². The lowest BCUT2D eigenvalue weighted by Crippen LogP contribution is -2.09. The molecule has 0 aliphatic heterocycles. The summed E-state index contributed by atoms with van der Waals surface area (Å²) in [6.07, 6.45) is 0. The fraction of sp³-hybridized carbons (Fsp3) is 0.273. The van der Waals surface area contributed by atoms with Crippen LogP contribution in [-0.2, 0) is 6.54 Å². The van der Waals surface area contributed by atoms with E-state index >= 15 is 0 Å². The summed E-state index contributed by atoms with van der Waals surface area (Å²) >= 11 is 5.36. The van der Waals surface area contributed by atoms with Gasteiger partial charge in [-0.3, -0.25) is 0 Å². The summed E-state index contributed by atoms with van der Waals surface area (Å²) in [4.78, 5) is 3.61. The molecular formula is C11H12BrNS. The summed E-state index contributed by atoms with van der Waals surface area (Å²) in [7, 11) is 4.20. The Bertz CT molecular complexity index is 447. The van der Waals surface area contributed by atoms with Crippen LogP contribution in [0, 0.1) is 0 Å². The third-order valence-electron chi connectivity index (χ3n) is 2.00. The molecule has 0 bridgehead atoms. The van der Waals surface area contributed by atoms with Crippen LogP contribution in [0.4, 0.5) is 0 Å². The smallest absolute Gasteiger partial charge is 0.0346 e. The molecule has 2 rings (SSSR count). The van der Waals surface area contributed by atoms with Gasteiger partial charge >= 0.3 is 0 Å². The average molecular weight is 270 g/mol. The van der Waals surface area contributed by atoms with Gasteiger partial charge in [0.2, 0.25) is 0 Å². The lowest BCUT2D eigenvalue weighted by molar-refractivity contribution is 0.406. The van der Waals surface area contributed by atoms with E-state index in [2.05, 4.69) is 59.2 Å². The van der Waals surface area contributed by atoms with E-state index in [1.807, 2.05) is 11.3 Å². The Morgan fingerprint density at radius 2 is 2.07 bits per heavy atom. The van der Waals surface area contributed by atoms with Gasteiger partial charge in [0.15, 0.2) is 0 Å². The van der Waals surface area contributed by atoms with E-state index in [9.17, 15) is 0 Å². The predicted molar refractivity (Wildman–Crippen MR) is 66.9 cm³/mol. The number of hydrogen-bond donors (Lipinski definition) is 0. The summed E-state index contributed by atoms with van der Waals surface area (Å²) in [5, 5.41) is 1.33. The second-order valence-corrected chi connectivity index (χ2v) is 5.72. The summed E-state index contributed by atoms with van der Waals surface area (Å²) in [6, 6.07) is 8.71. The van der Waals surface area contributed by atoms with E-state index < -0.39 is 0 Å². The highest BCUT2D eigenvalue weighted by Crippen LogP contribution is 2.28. The molecule has 14 heavy (non-hydrogen) atoms. The Morgan fingerprint density at radius 1 is 1.29 bits per heavy atom. The number of rotatable bonds is 2. The quantitative estimate of drug-likeness (QED) is 0.803. The van der Waals surface area contributed by atoms with Crippen LogP contribution in [-0.4, -0.2) is 19.0 Å². The van der Waals surface area contributed by atoms with E-state index in [0.29, 0.717) is 0 Å². The highest BCUT2D eigenvalue weighted by atomic mass is 79.9. The molecule has 74 valence electrons. The maximum Gasteiger partial charge on any atom is 0.0346 e. The van der Waals surface area contributed by atoms with Crippen molar-refractivity contribution >= 4 is 37.4 Å². The minimum Gasteiger partial charge on any atom is -0.304 e. The number of hydrogen-bond acceptors (Lipinski definition) is 2. The van der Waals surface area contributed by atoms with Gasteiger partial charge in [0.05, 0.1) is 0 Å². The molecule has 1 heterocycles. The van der Waals surface area contributed by atoms with Gasteiger partial charge in [-0.05, 0) is 43.7 Å². The number of fused-ring (bicyclic) bond motifs is 1. The van der Waals surface area contributed by atoms with Gasteiger partial charge in [-0.1, -0.05) is 15.9 Å². The topological polar surface area (TPSA) is 3.24 Å². The van der Waals surface area contributed by atoms with Crippen molar-refractivity contribution in [3.05, 3.63) is 33.6 Å². The van der Waals surface area contributed by atoms with Crippen LogP contribution in [0.3, 0.4) is 0 Å². The predicted octanol–water partition coefficient (Wildman–Crippen LogP) is 3.73. The lowest BCUT2D eigenvalue weighted by Gasteiger charge is -2.05. The SMILES string of the molecule is CN(C)Cc1cc2cc(Br)ccc2s1. The lowest BCUT2D eigenvalue weighted by atomic mass is 10.2. The minimum atomic E-state index is 1.02. The van der Waals surface area contributed by atoms with Crippen LogP contribution in [0.1, 0.15) is 4.88 Å². The number of nitrogens with zero attached hydrogens (tertiary/aromatic N) is 1. The molecule has 1 nitrogen and oxygen atoms in total. The van der Waals surface area contributed by atoms with Crippen molar-refractivity contribution in [2.45, 2.75) is 6.54 Å². The van der Waals surface area contributed by atoms with E-state index in [0.717, 1.165) is 11.0 Å². The van der Waals surface area contributed by atoms with Gasteiger partial charge in [0.1, 0.15) is 0 Å². The molecule has 0 radical (unpaired) electrons. The van der Waals surface area contributed by atoms with Crippen molar-refractivity contribution in [3.8, 4) is 0 Å². The van der Waals surface area contributed by atoms with Crippen LogP contribution in [0.25, 0.3) is 10.1 Å². The van der Waals surface area contributed by atoms with Gasteiger partial charge in [-0.15, -0.1) is 11.3 Å². The summed E-state index contributed by atoms with van der Waals surface area (Å²) in [5.41, 5.74) is 0. The molecule has 0 saturated heterocycles. The number of halogens is 1. The van der Waals surface area contributed by atoms with Crippen molar-refractivity contribution in [2.24, 2.45) is 0 Å². The van der Waals surface area contributed by atoms with Crippen molar-refractivity contribution in [2.75, 3.05) is 14.1 Å². The zero-order chi connectivity index (χ0) is 10.1. The highest BCUT2D eigenvalue weighted by Gasteiger charge is 2.02. The molecule has 0 atom stereocenters. The zero-order valence-corrected chi connectivity index (χ0v) is 10.7. The Labute approximate surface area is 96.5 Å². The zero-order valence-electron chi connectivity index (χ0n) is 8.25. The van der Waals surface area contributed by atoms with Crippen LogP contribution in [0.5, 0.6) is 0 Å². The first kappa shape index (κ1) is 10.1. The maximum absolute atomic E-state index is 3.49. The third-order valence-corrected chi connectivity index (χ3v) is 3.60. The Hall–Kier alpha value is -0.380. The molecule has 0 aliphatic rings. The fourth-order valence-electron chi connectivity index (χ4n) is 1.46. The highest BCUT2D eigenvalue weighted by molar-refractivity contribution is 9.10. The monoisotopic (exact) mass is 269 g/mol. The molecule has 0 fully saturated rings. The largest absolute Gasteiger partial charge is 0.304 e. The van der Waals surface area contributed by atoms with Crippen LogP contribution >= 0.6 is 27.3 Å². The molecule has 1 aromatic carbocycles. The molecule has 2 aromatic rings. The van der Waals surface area contributed by atoms with Crippen molar-refractivity contribution in [1.29, 1.82) is 0 Å². The molecule has 3 heteroatoms. The summed E-state index contributed by atoms with van der Waals surface area (Å²) in [5.74, 6) is 0. The van der Waals surface area contributed by atoms with E-state index in [1.165, 1.54) is 15.0 Å². The van der Waals surface area contributed by atoms with Crippen molar-refractivity contribution in [1.82, 2.24) is 4.90 Å². The van der Waals surface area contributed by atoms with Gasteiger partial charge in [0.25, 0.3) is 0 Å². The molecule has 0 saturated carbocycles. The van der Waals surface area contributed by atoms with Gasteiger partial charge in [0, 0.05) is 20.6 Å². The summed E-state index contributed by atoms with van der Waals surface area (Å²) < 4.78 is 2.52. The van der Waals surface area contributed by atoms with Crippen LogP contribution in [0.2, 0.25) is 0 Å². The Kier molecular flexibility index (Phi) is 2.91. The molecule has 1 aromatic heterocycles. The van der Waals surface area contributed by atoms with Gasteiger partial charge in [-0.25, -0.2) is 0 Å². The number of thiophene rings is 1. The molecule has 0 amide bonds. The molecule has 0 aliphatic carbocycles. The molecule has 0 unspecified atom stereocenters. The second kappa shape index (κ2) is 4.01. The fourth-order valence-corrected chi connectivity index (χ4v) is 3.00. The van der Waals surface area contributed by atoms with Gasteiger partial charge < -0.3 is 4.90 Å². The maximum atomic E-state index is 3.49. The Morgan fingerprint density at radius 3 is 2.79 bits per heavy atom. The number of benzene rings is 1. The molecule has 0 N–H and O–H groups in total.